The molecule has 2 atom stereocenters. The summed E-state index contributed by atoms with van der Waals surface area (Å²) in [6.07, 6.45) is 1.41. The molecule has 27 heavy (non-hydrogen) atoms. The maximum absolute atomic E-state index is 12.5. The van der Waals surface area contributed by atoms with E-state index in [9.17, 15) is 19.5 Å². The van der Waals surface area contributed by atoms with E-state index in [2.05, 4.69) is 31.2 Å². The number of nitrogens with two attached hydrogens (primary N) is 1. The number of thioether (sulfide) groups is 1. The molecule has 1 saturated heterocycles. The first-order valence-corrected chi connectivity index (χ1v) is 9.26. The molecule has 2 aliphatic rings. The van der Waals surface area contributed by atoms with Gasteiger partial charge in [-0.05, 0) is 5.57 Å². The highest BCUT2D eigenvalue weighted by Gasteiger charge is 2.54. The Hall–Kier alpha value is -2.93. The summed E-state index contributed by atoms with van der Waals surface area (Å²) in [6.45, 7) is 3.58. The van der Waals surface area contributed by atoms with Gasteiger partial charge in [-0.15, -0.1) is 11.8 Å². The molecule has 3 heterocycles. The highest BCUT2D eigenvalue weighted by atomic mass is 32.2. The highest BCUT2D eigenvalue weighted by molar-refractivity contribution is 8.00. The molecule has 1 unspecified atom stereocenters. The zero-order chi connectivity index (χ0) is 19.7. The van der Waals surface area contributed by atoms with E-state index < -0.39 is 29.2 Å². The summed E-state index contributed by atoms with van der Waals surface area (Å²) in [5.41, 5.74) is 5.61. The van der Waals surface area contributed by atoms with Crippen molar-refractivity contribution in [3.05, 3.63) is 29.7 Å². The molecule has 0 bridgehead atoms. The molecule has 11 nitrogen and oxygen atoms in total. The molecule has 1 fully saturated rings. The van der Waals surface area contributed by atoms with E-state index >= 15 is 0 Å². The van der Waals surface area contributed by atoms with Crippen LogP contribution >= 0.6 is 23.3 Å². The summed E-state index contributed by atoms with van der Waals surface area (Å²) in [7, 11) is 1.25. The highest BCUT2D eigenvalue weighted by Crippen LogP contribution is 2.40. The average Bonchev–Trinajstić information content (AvgIpc) is 3.08. The molecule has 0 spiro atoms. The fourth-order valence-corrected chi connectivity index (χ4v) is 4.39. The smallest absolute Gasteiger partial charge is 0.352 e. The number of carbonyl (C=O) groups excluding carboxylic acids is 2. The van der Waals surface area contributed by atoms with Gasteiger partial charge in [-0.1, -0.05) is 17.8 Å². The molecule has 0 saturated carbocycles. The molecular formula is C14H14N6O5S2. The fraction of sp³-hybridized carbons (Fsp3) is 0.286. The molecule has 3 rings (SSSR count). The van der Waals surface area contributed by atoms with E-state index in [4.69, 9.17) is 5.73 Å². The number of anilines is 1. The van der Waals surface area contributed by atoms with Crippen LogP contribution in [0.4, 0.5) is 5.13 Å². The van der Waals surface area contributed by atoms with Crippen molar-refractivity contribution in [3.8, 4) is 0 Å². The molecule has 1 aromatic rings. The van der Waals surface area contributed by atoms with Gasteiger partial charge in [0, 0.05) is 17.3 Å². The summed E-state index contributed by atoms with van der Waals surface area (Å²) in [4.78, 5) is 46.2. The van der Waals surface area contributed by atoms with Gasteiger partial charge in [0.1, 0.15) is 24.2 Å². The number of allylic oxidation sites excluding steroid dienone is 1. The van der Waals surface area contributed by atoms with Gasteiger partial charge < -0.3 is 21.0 Å². The number of amides is 2. The van der Waals surface area contributed by atoms with Crippen LogP contribution in [0.25, 0.3) is 0 Å². The van der Waals surface area contributed by atoms with E-state index in [-0.39, 0.29) is 22.4 Å². The number of aliphatic carboxylic acids is 1. The number of hydrogen-bond acceptors (Lipinski definition) is 10. The van der Waals surface area contributed by atoms with Gasteiger partial charge >= 0.3 is 5.97 Å². The van der Waals surface area contributed by atoms with Crippen molar-refractivity contribution in [2.45, 2.75) is 11.4 Å². The van der Waals surface area contributed by atoms with Crippen LogP contribution in [-0.4, -0.2) is 67.1 Å². The summed E-state index contributed by atoms with van der Waals surface area (Å²) in [5, 5.41) is 15.1. The summed E-state index contributed by atoms with van der Waals surface area (Å²) >= 11 is 2.20. The van der Waals surface area contributed by atoms with E-state index in [1.165, 1.54) is 24.9 Å². The standard InChI is InChI=1S/C14H14N6O5S2/c1-3-5-4-26-12-7(11(22)20(12)8(5)13(23)24)16-10(21)6(18-25-2)9-17-14(15)27-19-9/h3,7,12H,1,4H2,2H3,(H,16,21)(H,23,24)(H2,15,17,19)/b18-6+/t7?,12-/m1/s1. The van der Waals surface area contributed by atoms with Crippen LogP contribution in [0.1, 0.15) is 5.82 Å². The molecule has 2 amide bonds. The third-order valence-electron chi connectivity index (χ3n) is 3.78. The topological polar surface area (TPSA) is 160 Å². The number of nitrogens with zero attached hydrogens (tertiary/aromatic N) is 4. The Morgan fingerprint density at radius 2 is 2.30 bits per heavy atom. The van der Waals surface area contributed by atoms with Crippen LogP contribution < -0.4 is 11.1 Å². The van der Waals surface area contributed by atoms with Crippen molar-refractivity contribution >= 4 is 51.9 Å². The number of nitrogens with one attached hydrogen (secondary N) is 1. The lowest BCUT2D eigenvalue weighted by Gasteiger charge is -2.49. The molecule has 0 aromatic carbocycles. The van der Waals surface area contributed by atoms with Gasteiger partial charge in [0.15, 0.2) is 5.13 Å². The van der Waals surface area contributed by atoms with Crippen LogP contribution in [0.15, 0.2) is 29.1 Å². The summed E-state index contributed by atoms with van der Waals surface area (Å²) < 4.78 is 3.90. The second-order valence-corrected chi connectivity index (χ2v) is 7.21. The van der Waals surface area contributed by atoms with Gasteiger partial charge in [-0.2, -0.15) is 9.36 Å². The van der Waals surface area contributed by atoms with Crippen LogP contribution in [0, 0.1) is 0 Å². The molecule has 0 aliphatic carbocycles. The number of rotatable bonds is 6. The Morgan fingerprint density at radius 1 is 1.56 bits per heavy atom. The maximum atomic E-state index is 12.5. The fourth-order valence-electron chi connectivity index (χ4n) is 2.62. The number of carboxylic acids is 1. The molecule has 0 radical (unpaired) electrons. The normalized spacial score (nSPS) is 22.0. The second-order valence-electron chi connectivity index (χ2n) is 5.32. The van der Waals surface area contributed by atoms with Gasteiger partial charge in [0.05, 0.1) is 0 Å². The first-order chi connectivity index (χ1) is 12.9. The van der Waals surface area contributed by atoms with Crippen molar-refractivity contribution in [1.82, 2.24) is 19.6 Å². The van der Waals surface area contributed by atoms with Crippen LogP contribution in [0.3, 0.4) is 0 Å². The van der Waals surface area contributed by atoms with Crippen molar-refractivity contribution in [3.63, 3.8) is 0 Å². The number of fused-ring (bicyclic) bond motifs is 1. The van der Waals surface area contributed by atoms with Gasteiger partial charge in [0.25, 0.3) is 11.8 Å². The predicted octanol–water partition coefficient (Wildman–Crippen LogP) is -0.605. The third kappa shape index (κ3) is 3.26. The number of aromatic nitrogens is 2. The lowest BCUT2D eigenvalue weighted by molar-refractivity contribution is -0.150. The molecule has 2 aliphatic heterocycles. The Morgan fingerprint density at radius 3 is 2.85 bits per heavy atom. The summed E-state index contributed by atoms with van der Waals surface area (Å²) in [5.74, 6) is -2.17. The first-order valence-electron chi connectivity index (χ1n) is 7.44. The first kappa shape index (κ1) is 18.8. The average molecular weight is 410 g/mol. The zero-order valence-corrected chi connectivity index (χ0v) is 15.5. The molecule has 4 N–H and O–H groups in total. The monoisotopic (exact) mass is 410 g/mol. The number of oxime groups is 1. The minimum Gasteiger partial charge on any atom is -0.477 e. The zero-order valence-electron chi connectivity index (χ0n) is 13.9. The number of β-lactam (4-membered cyclic amide) rings is 1. The number of carboxylic acid groups (broad SMARTS) is 1. The van der Waals surface area contributed by atoms with Crippen LogP contribution in [0.5, 0.6) is 0 Å². The van der Waals surface area contributed by atoms with Crippen molar-refractivity contribution in [2.75, 3.05) is 18.6 Å². The van der Waals surface area contributed by atoms with Crippen molar-refractivity contribution < 1.29 is 24.3 Å². The van der Waals surface area contributed by atoms with E-state index in [0.29, 0.717) is 11.3 Å². The quantitative estimate of drug-likeness (QED) is 0.316. The Bertz CT molecular complexity index is 894. The Labute approximate surface area is 161 Å². The van der Waals surface area contributed by atoms with Crippen LogP contribution in [0.2, 0.25) is 0 Å². The Balaban J connectivity index is 1.80. The lowest BCUT2D eigenvalue weighted by atomic mass is 10.0. The van der Waals surface area contributed by atoms with Gasteiger partial charge in [-0.3, -0.25) is 14.5 Å². The van der Waals surface area contributed by atoms with Gasteiger partial charge in [0.2, 0.25) is 11.5 Å². The minimum atomic E-state index is -1.22. The number of nitrogen functional groups attached to an aromatic ring is 1. The second kappa shape index (κ2) is 7.36. The molecular weight excluding hydrogens is 396 g/mol. The Kier molecular flexibility index (Phi) is 5.14. The van der Waals surface area contributed by atoms with Crippen LogP contribution in [-0.2, 0) is 19.2 Å². The van der Waals surface area contributed by atoms with E-state index in [1.807, 2.05) is 0 Å². The number of carbonyl (C=O) groups is 3. The molecule has 13 heteroatoms. The lowest BCUT2D eigenvalue weighted by Crippen LogP contribution is -2.71. The van der Waals surface area contributed by atoms with Crippen molar-refractivity contribution in [1.29, 1.82) is 0 Å². The van der Waals surface area contributed by atoms with Crippen molar-refractivity contribution in [2.24, 2.45) is 5.16 Å². The minimum absolute atomic E-state index is 0.0307. The van der Waals surface area contributed by atoms with E-state index in [0.717, 1.165) is 16.4 Å². The maximum Gasteiger partial charge on any atom is 0.352 e. The third-order valence-corrected chi connectivity index (χ3v) is 5.63. The summed E-state index contributed by atoms with van der Waals surface area (Å²) in [6, 6.07) is -0.916. The number of hydrogen-bond donors (Lipinski definition) is 3. The molecule has 142 valence electrons. The predicted molar refractivity (Wildman–Crippen MR) is 97.7 cm³/mol. The molecule has 1 aromatic heterocycles. The van der Waals surface area contributed by atoms with Gasteiger partial charge in [-0.25, -0.2) is 4.79 Å². The SMILES string of the molecule is C=CC1=C(C(=O)O)N2C(=O)C(NC(=O)/C(=N/OC)c3nsc(N)n3)[C@H]2SC1. The van der Waals surface area contributed by atoms with E-state index in [1.54, 1.807) is 0 Å². The largest absolute Gasteiger partial charge is 0.477 e.